The SMILES string of the molecule is CCNC(=NCc1ccc(Br)cc1Cl)NC1CCN(C(=O)CC)C1.I. The maximum atomic E-state index is 11.8. The van der Waals surface area contributed by atoms with E-state index in [1.807, 2.05) is 36.9 Å². The number of hydrogen-bond acceptors (Lipinski definition) is 2. The number of carbonyl (C=O) groups is 1. The number of hydrogen-bond donors (Lipinski definition) is 2. The molecule has 1 atom stereocenters. The summed E-state index contributed by atoms with van der Waals surface area (Å²) in [6.45, 7) is 6.76. The zero-order chi connectivity index (χ0) is 17.5. The molecular formula is C17H25BrClIN4O. The van der Waals surface area contributed by atoms with Crippen molar-refractivity contribution in [1.82, 2.24) is 15.5 Å². The van der Waals surface area contributed by atoms with Crippen LogP contribution in [-0.2, 0) is 11.3 Å². The number of guanidine groups is 1. The second-order valence-electron chi connectivity index (χ2n) is 5.75. The second kappa shape index (κ2) is 11.2. The summed E-state index contributed by atoms with van der Waals surface area (Å²) in [4.78, 5) is 18.3. The van der Waals surface area contributed by atoms with Gasteiger partial charge in [0.25, 0.3) is 0 Å². The van der Waals surface area contributed by atoms with Crippen molar-refractivity contribution in [2.45, 2.75) is 39.3 Å². The Morgan fingerprint density at radius 1 is 1.44 bits per heavy atom. The van der Waals surface area contributed by atoms with Crippen molar-refractivity contribution in [1.29, 1.82) is 0 Å². The zero-order valence-corrected chi connectivity index (χ0v) is 19.2. The third kappa shape index (κ3) is 6.94. The highest BCUT2D eigenvalue weighted by Crippen LogP contribution is 2.22. The molecule has 140 valence electrons. The number of likely N-dealkylation sites (tertiary alicyclic amines) is 1. The van der Waals surface area contributed by atoms with Gasteiger partial charge in [-0.15, -0.1) is 24.0 Å². The number of nitrogens with one attached hydrogen (secondary N) is 2. The molecule has 1 saturated heterocycles. The predicted octanol–water partition coefficient (Wildman–Crippen LogP) is 3.79. The fourth-order valence-electron chi connectivity index (χ4n) is 2.66. The van der Waals surface area contributed by atoms with Gasteiger partial charge in [0.15, 0.2) is 5.96 Å². The van der Waals surface area contributed by atoms with E-state index in [9.17, 15) is 4.79 Å². The third-order valence-electron chi connectivity index (χ3n) is 3.95. The van der Waals surface area contributed by atoms with Crippen LogP contribution in [0.2, 0.25) is 5.02 Å². The van der Waals surface area contributed by atoms with Crippen molar-refractivity contribution in [3.05, 3.63) is 33.3 Å². The van der Waals surface area contributed by atoms with Gasteiger partial charge in [0, 0.05) is 41.6 Å². The van der Waals surface area contributed by atoms with Crippen LogP contribution in [0, 0.1) is 0 Å². The maximum absolute atomic E-state index is 11.8. The van der Waals surface area contributed by atoms with Crippen LogP contribution in [-0.4, -0.2) is 42.4 Å². The lowest BCUT2D eigenvalue weighted by Gasteiger charge is -2.18. The van der Waals surface area contributed by atoms with E-state index < -0.39 is 0 Å². The molecule has 5 nitrogen and oxygen atoms in total. The summed E-state index contributed by atoms with van der Waals surface area (Å²) in [7, 11) is 0. The molecular weight excluding hydrogens is 518 g/mol. The molecule has 1 aromatic rings. The molecule has 8 heteroatoms. The first-order valence-corrected chi connectivity index (χ1v) is 9.47. The summed E-state index contributed by atoms with van der Waals surface area (Å²) in [5, 5.41) is 7.37. The number of halogens is 3. The summed E-state index contributed by atoms with van der Waals surface area (Å²) < 4.78 is 0.955. The van der Waals surface area contributed by atoms with Gasteiger partial charge in [-0.25, -0.2) is 4.99 Å². The minimum absolute atomic E-state index is 0. The molecule has 2 N–H and O–H groups in total. The Kier molecular flexibility index (Phi) is 10.1. The van der Waals surface area contributed by atoms with Gasteiger partial charge in [-0.05, 0) is 31.0 Å². The Balaban J connectivity index is 0.00000312. The van der Waals surface area contributed by atoms with E-state index in [1.165, 1.54) is 0 Å². The standard InChI is InChI=1S/C17H24BrClN4O.HI/c1-3-16(24)23-8-7-14(11-23)22-17(20-4-2)21-10-12-5-6-13(18)9-15(12)19;/h5-6,9,14H,3-4,7-8,10-11H2,1-2H3,(H2,20,21,22);1H. The summed E-state index contributed by atoms with van der Waals surface area (Å²) in [5.41, 5.74) is 0.978. The number of rotatable bonds is 5. The van der Waals surface area contributed by atoms with Gasteiger partial charge in [-0.3, -0.25) is 4.79 Å². The van der Waals surface area contributed by atoms with Crippen LogP contribution >= 0.6 is 51.5 Å². The number of carbonyl (C=O) groups excluding carboxylic acids is 1. The minimum atomic E-state index is 0. The van der Waals surface area contributed by atoms with Crippen LogP contribution in [0.1, 0.15) is 32.3 Å². The highest BCUT2D eigenvalue weighted by molar-refractivity contribution is 14.0. The Bertz CT molecular complexity index is 614. The largest absolute Gasteiger partial charge is 0.357 e. The van der Waals surface area contributed by atoms with E-state index in [-0.39, 0.29) is 35.9 Å². The second-order valence-corrected chi connectivity index (χ2v) is 7.08. The van der Waals surface area contributed by atoms with E-state index >= 15 is 0 Å². The number of nitrogens with zero attached hydrogens (tertiary/aromatic N) is 2. The number of benzene rings is 1. The smallest absolute Gasteiger partial charge is 0.222 e. The fraction of sp³-hybridized carbons (Fsp3) is 0.529. The fourth-order valence-corrected chi connectivity index (χ4v) is 3.39. The molecule has 0 bridgehead atoms. The molecule has 1 aromatic carbocycles. The maximum Gasteiger partial charge on any atom is 0.222 e. The molecule has 0 spiro atoms. The highest BCUT2D eigenvalue weighted by atomic mass is 127. The van der Waals surface area contributed by atoms with Crippen LogP contribution in [0.3, 0.4) is 0 Å². The van der Waals surface area contributed by atoms with E-state index in [4.69, 9.17) is 11.6 Å². The summed E-state index contributed by atoms with van der Waals surface area (Å²) in [6, 6.07) is 6.04. The van der Waals surface area contributed by atoms with Crippen LogP contribution in [0.15, 0.2) is 27.7 Å². The van der Waals surface area contributed by atoms with Gasteiger partial charge < -0.3 is 15.5 Å². The van der Waals surface area contributed by atoms with E-state index in [0.29, 0.717) is 18.0 Å². The molecule has 0 radical (unpaired) electrons. The highest BCUT2D eigenvalue weighted by Gasteiger charge is 2.25. The monoisotopic (exact) mass is 542 g/mol. The zero-order valence-electron chi connectivity index (χ0n) is 14.5. The van der Waals surface area contributed by atoms with Gasteiger partial charge in [0.2, 0.25) is 5.91 Å². The predicted molar refractivity (Wildman–Crippen MR) is 118 cm³/mol. The molecule has 1 amide bonds. The van der Waals surface area contributed by atoms with Gasteiger partial charge in [-0.1, -0.05) is 40.5 Å². The van der Waals surface area contributed by atoms with Crippen molar-refractivity contribution in [3.8, 4) is 0 Å². The summed E-state index contributed by atoms with van der Waals surface area (Å²) >= 11 is 9.65. The average molecular weight is 544 g/mol. The third-order valence-corrected chi connectivity index (χ3v) is 4.80. The molecule has 0 aliphatic carbocycles. The first-order valence-electron chi connectivity index (χ1n) is 8.30. The molecule has 1 heterocycles. The molecule has 1 fully saturated rings. The molecule has 0 saturated carbocycles. The average Bonchev–Trinajstić information content (AvgIpc) is 3.02. The van der Waals surface area contributed by atoms with Crippen LogP contribution in [0.4, 0.5) is 0 Å². The molecule has 0 aromatic heterocycles. The quantitative estimate of drug-likeness (QED) is 0.338. The molecule has 2 rings (SSSR count). The van der Waals surface area contributed by atoms with E-state index in [1.54, 1.807) is 0 Å². The Labute approximate surface area is 180 Å². The summed E-state index contributed by atoms with van der Waals surface area (Å²) in [6.07, 6.45) is 1.50. The molecule has 25 heavy (non-hydrogen) atoms. The molecule has 1 aliphatic heterocycles. The van der Waals surface area contributed by atoms with Crippen LogP contribution in [0.25, 0.3) is 0 Å². The van der Waals surface area contributed by atoms with Crippen molar-refractivity contribution in [2.75, 3.05) is 19.6 Å². The first-order chi connectivity index (χ1) is 11.5. The van der Waals surface area contributed by atoms with E-state index in [0.717, 1.165) is 42.1 Å². The van der Waals surface area contributed by atoms with Crippen LogP contribution in [0.5, 0.6) is 0 Å². The Morgan fingerprint density at radius 3 is 2.84 bits per heavy atom. The lowest BCUT2D eigenvalue weighted by Crippen LogP contribution is -2.45. The van der Waals surface area contributed by atoms with Gasteiger partial charge >= 0.3 is 0 Å². The van der Waals surface area contributed by atoms with Crippen molar-refractivity contribution >= 4 is 63.4 Å². The lowest BCUT2D eigenvalue weighted by atomic mass is 10.2. The van der Waals surface area contributed by atoms with Crippen molar-refractivity contribution < 1.29 is 4.79 Å². The van der Waals surface area contributed by atoms with Gasteiger partial charge in [0.1, 0.15) is 0 Å². The van der Waals surface area contributed by atoms with Crippen molar-refractivity contribution in [3.63, 3.8) is 0 Å². The first kappa shape index (κ1) is 22.5. The summed E-state index contributed by atoms with van der Waals surface area (Å²) in [5.74, 6) is 0.968. The normalized spacial score (nSPS) is 17.2. The number of amides is 1. The number of aliphatic imine (C=N–C) groups is 1. The minimum Gasteiger partial charge on any atom is -0.357 e. The van der Waals surface area contributed by atoms with Crippen molar-refractivity contribution in [2.24, 2.45) is 4.99 Å². The Hall–Kier alpha value is -0.540. The van der Waals surface area contributed by atoms with Gasteiger partial charge in [0.05, 0.1) is 6.54 Å². The van der Waals surface area contributed by atoms with E-state index in [2.05, 4.69) is 31.6 Å². The van der Waals surface area contributed by atoms with Crippen LogP contribution < -0.4 is 10.6 Å². The lowest BCUT2D eigenvalue weighted by molar-refractivity contribution is -0.129. The molecule has 1 unspecified atom stereocenters. The van der Waals surface area contributed by atoms with Gasteiger partial charge in [-0.2, -0.15) is 0 Å². The Morgan fingerprint density at radius 2 is 2.20 bits per heavy atom. The molecule has 1 aliphatic rings. The topological polar surface area (TPSA) is 56.7 Å².